The third-order valence-electron chi connectivity index (χ3n) is 3.54. The Bertz CT molecular complexity index is 284. The van der Waals surface area contributed by atoms with Gasteiger partial charge in [0, 0.05) is 12.6 Å². The number of carbonyl (C=O) groups excluding carboxylic acids is 1. The van der Waals surface area contributed by atoms with Crippen molar-refractivity contribution >= 4 is 6.09 Å². The lowest BCUT2D eigenvalue weighted by Crippen LogP contribution is -2.46. The summed E-state index contributed by atoms with van der Waals surface area (Å²) in [5.41, 5.74) is -0.420. The number of ether oxygens (including phenoxy) is 1. The number of hydrogen-bond acceptors (Lipinski definition) is 3. The van der Waals surface area contributed by atoms with Gasteiger partial charge in [-0.2, -0.15) is 0 Å². The number of nitrogens with one attached hydrogen (secondary N) is 2. The van der Waals surface area contributed by atoms with Crippen LogP contribution in [-0.2, 0) is 4.74 Å². The Balaban J connectivity index is 2.29. The molecule has 1 fully saturated rings. The molecule has 1 aliphatic rings. The van der Waals surface area contributed by atoms with Crippen LogP contribution in [0.1, 0.15) is 53.9 Å². The minimum atomic E-state index is -0.420. The molecule has 1 saturated heterocycles. The van der Waals surface area contributed by atoms with E-state index in [0.717, 1.165) is 13.0 Å². The topological polar surface area (TPSA) is 50.4 Å². The van der Waals surface area contributed by atoms with E-state index in [1.165, 1.54) is 12.8 Å². The van der Waals surface area contributed by atoms with E-state index >= 15 is 0 Å². The summed E-state index contributed by atoms with van der Waals surface area (Å²) in [7, 11) is 0. The molecule has 0 aromatic carbocycles. The maximum absolute atomic E-state index is 11.6. The molecule has 1 aliphatic heterocycles. The first-order chi connectivity index (χ1) is 8.79. The zero-order chi connectivity index (χ0) is 14.5. The van der Waals surface area contributed by atoms with Crippen molar-refractivity contribution in [2.75, 3.05) is 13.1 Å². The molecule has 1 rings (SSSR count). The predicted molar refractivity (Wildman–Crippen MR) is 78.2 cm³/mol. The maximum Gasteiger partial charge on any atom is 0.407 e. The van der Waals surface area contributed by atoms with Gasteiger partial charge in [-0.15, -0.1) is 0 Å². The summed E-state index contributed by atoms with van der Waals surface area (Å²) in [6.45, 7) is 12.0. The van der Waals surface area contributed by atoms with Crippen molar-refractivity contribution in [1.29, 1.82) is 0 Å². The summed E-state index contributed by atoms with van der Waals surface area (Å²) in [6, 6.07) is 0.578. The molecular weight excluding hydrogens is 240 g/mol. The van der Waals surface area contributed by atoms with Crippen LogP contribution in [0.15, 0.2) is 0 Å². The second-order valence-electron chi connectivity index (χ2n) is 6.84. The molecule has 0 aliphatic carbocycles. The molecule has 0 aromatic rings. The smallest absolute Gasteiger partial charge is 0.407 e. The third kappa shape index (κ3) is 6.28. The largest absolute Gasteiger partial charge is 0.444 e. The van der Waals surface area contributed by atoms with Crippen LogP contribution in [0, 0.1) is 11.8 Å². The van der Waals surface area contributed by atoms with E-state index in [0.29, 0.717) is 24.4 Å². The first-order valence-electron chi connectivity index (χ1n) is 7.50. The lowest BCUT2D eigenvalue weighted by atomic mass is 9.82. The quantitative estimate of drug-likeness (QED) is 0.826. The summed E-state index contributed by atoms with van der Waals surface area (Å²) in [5, 5.41) is 6.46. The Labute approximate surface area is 117 Å². The summed E-state index contributed by atoms with van der Waals surface area (Å²) < 4.78 is 5.24. The highest BCUT2D eigenvalue weighted by molar-refractivity contribution is 5.67. The van der Waals surface area contributed by atoms with Crippen molar-refractivity contribution in [3.05, 3.63) is 0 Å². The summed E-state index contributed by atoms with van der Waals surface area (Å²) in [4.78, 5) is 11.6. The molecule has 19 heavy (non-hydrogen) atoms. The number of rotatable bonds is 4. The fourth-order valence-corrected chi connectivity index (χ4v) is 2.76. The first kappa shape index (κ1) is 16.3. The van der Waals surface area contributed by atoms with Gasteiger partial charge >= 0.3 is 6.09 Å². The molecule has 0 radical (unpaired) electrons. The first-order valence-corrected chi connectivity index (χ1v) is 7.50. The number of piperidine rings is 1. The van der Waals surface area contributed by atoms with Crippen LogP contribution in [-0.4, -0.2) is 30.8 Å². The van der Waals surface area contributed by atoms with Crippen molar-refractivity contribution in [2.45, 2.75) is 65.5 Å². The van der Waals surface area contributed by atoms with Crippen molar-refractivity contribution in [2.24, 2.45) is 11.8 Å². The highest BCUT2D eigenvalue weighted by Gasteiger charge is 2.26. The van der Waals surface area contributed by atoms with E-state index in [2.05, 4.69) is 24.5 Å². The maximum atomic E-state index is 11.6. The van der Waals surface area contributed by atoms with Crippen LogP contribution in [0.2, 0.25) is 0 Å². The second kappa shape index (κ2) is 7.13. The molecule has 4 nitrogen and oxygen atoms in total. The van der Waals surface area contributed by atoms with Crippen LogP contribution < -0.4 is 10.6 Å². The lowest BCUT2D eigenvalue weighted by Gasteiger charge is -2.35. The monoisotopic (exact) mass is 270 g/mol. The standard InChI is InChI=1S/C15H30N2O2/c1-11(2)13-12(7-6-9-16-13)8-10-17-14(18)19-15(3,4)5/h11-13,16H,6-10H2,1-5H3,(H,17,18). The highest BCUT2D eigenvalue weighted by atomic mass is 16.6. The molecule has 2 unspecified atom stereocenters. The Morgan fingerprint density at radius 2 is 2.11 bits per heavy atom. The van der Waals surface area contributed by atoms with E-state index < -0.39 is 5.60 Å². The molecule has 2 atom stereocenters. The summed E-state index contributed by atoms with van der Waals surface area (Å²) in [6.07, 6.45) is 3.21. The van der Waals surface area contributed by atoms with Gasteiger partial charge in [-0.05, 0) is 58.4 Å². The summed E-state index contributed by atoms with van der Waals surface area (Å²) >= 11 is 0. The number of hydrogen-bond donors (Lipinski definition) is 2. The molecule has 1 heterocycles. The Morgan fingerprint density at radius 3 is 2.68 bits per heavy atom. The molecule has 0 saturated carbocycles. The molecule has 2 N–H and O–H groups in total. The molecule has 0 bridgehead atoms. The second-order valence-corrected chi connectivity index (χ2v) is 6.84. The van der Waals surface area contributed by atoms with Gasteiger partial charge in [0.25, 0.3) is 0 Å². The van der Waals surface area contributed by atoms with E-state index in [-0.39, 0.29) is 6.09 Å². The number of amides is 1. The number of carbonyl (C=O) groups is 1. The van der Waals surface area contributed by atoms with E-state index in [9.17, 15) is 4.79 Å². The van der Waals surface area contributed by atoms with Gasteiger partial charge in [0.1, 0.15) is 5.60 Å². The zero-order valence-corrected chi connectivity index (χ0v) is 13.1. The normalized spacial score (nSPS) is 24.3. The van der Waals surface area contributed by atoms with Gasteiger partial charge < -0.3 is 15.4 Å². The number of alkyl carbamates (subject to hydrolysis) is 1. The van der Waals surface area contributed by atoms with Gasteiger partial charge in [0.15, 0.2) is 0 Å². The van der Waals surface area contributed by atoms with Gasteiger partial charge in [0.05, 0.1) is 0 Å². The Hall–Kier alpha value is -0.770. The van der Waals surface area contributed by atoms with Crippen LogP contribution in [0.25, 0.3) is 0 Å². The van der Waals surface area contributed by atoms with Gasteiger partial charge in [-0.25, -0.2) is 4.79 Å². The van der Waals surface area contributed by atoms with E-state index in [1.807, 2.05) is 20.8 Å². The van der Waals surface area contributed by atoms with Crippen LogP contribution in [0.3, 0.4) is 0 Å². The lowest BCUT2D eigenvalue weighted by molar-refractivity contribution is 0.0521. The van der Waals surface area contributed by atoms with Crippen molar-refractivity contribution in [3.63, 3.8) is 0 Å². The van der Waals surface area contributed by atoms with E-state index in [1.54, 1.807) is 0 Å². The molecular formula is C15H30N2O2. The molecule has 1 amide bonds. The summed E-state index contributed by atoms with van der Waals surface area (Å²) in [5.74, 6) is 1.30. The molecule has 0 aromatic heterocycles. The minimum Gasteiger partial charge on any atom is -0.444 e. The fourth-order valence-electron chi connectivity index (χ4n) is 2.76. The minimum absolute atomic E-state index is 0.308. The average Bonchev–Trinajstić information content (AvgIpc) is 2.27. The van der Waals surface area contributed by atoms with Crippen LogP contribution in [0.5, 0.6) is 0 Å². The average molecular weight is 270 g/mol. The van der Waals surface area contributed by atoms with Gasteiger partial charge in [-0.3, -0.25) is 0 Å². The van der Waals surface area contributed by atoms with Crippen molar-refractivity contribution in [1.82, 2.24) is 10.6 Å². The van der Waals surface area contributed by atoms with Crippen LogP contribution in [0.4, 0.5) is 4.79 Å². The van der Waals surface area contributed by atoms with Crippen LogP contribution >= 0.6 is 0 Å². The fraction of sp³-hybridized carbons (Fsp3) is 0.933. The van der Waals surface area contributed by atoms with Crippen molar-refractivity contribution in [3.8, 4) is 0 Å². The highest BCUT2D eigenvalue weighted by Crippen LogP contribution is 2.24. The Morgan fingerprint density at radius 1 is 1.42 bits per heavy atom. The van der Waals surface area contributed by atoms with Crippen molar-refractivity contribution < 1.29 is 9.53 Å². The predicted octanol–water partition coefficient (Wildman–Crippen LogP) is 2.93. The Kier molecular flexibility index (Phi) is 6.11. The SMILES string of the molecule is CC(C)C1NCCCC1CCNC(=O)OC(C)(C)C. The third-order valence-corrected chi connectivity index (χ3v) is 3.54. The zero-order valence-electron chi connectivity index (χ0n) is 13.1. The van der Waals surface area contributed by atoms with E-state index in [4.69, 9.17) is 4.74 Å². The van der Waals surface area contributed by atoms with Gasteiger partial charge in [0.2, 0.25) is 0 Å². The molecule has 0 spiro atoms. The molecule has 4 heteroatoms. The molecule has 112 valence electrons. The van der Waals surface area contributed by atoms with Gasteiger partial charge in [-0.1, -0.05) is 13.8 Å².